The smallest absolute Gasteiger partial charge is 0.248 e. The van der Waals surface area contributed by atoms with Crippen LogP contribution in [0.1, 0.15) is 16.9 Å². The fourth-order valence-electron chi connectivity index (χ4n) is 1.31. The largest absolute Gasteiger partial charge is 0.868 e. The molecule has 2 rings (SSSR count). The van der Waals surface area contributed by atoms with E-state index in [4.69, 9.17) is 0 Å². The number of aromatic nitrogens is 1. The number of carbonyl (C=O) groups is 1. The van der Waals surface area contributed by atoms with Gasteiger partial charge in [0.25, 0.3) is 0 Å². The number of ketones is 1. The molecule has 3 heteroatoms. The first-order valence-corrected chi connectivity index (χ1v) is 3.51. The molecule has 0 fully saturated rings. The molecule has 3 nitrogen and oxygen atoms in total. The SMILES string of the molecule is O=C1CC[n+]2cc([O-])ccc21. The van der Waals surface area contributed by atoms with Crippen molar-refractivity contribution in [1.82, 2.24) is 0 Å². The van der Waals surface area contributed by atoms with Crippen molar-refractivity contribution in [1.29, 1.82) is 0 Å². The molecule has 0 spiro atoms. The molecule has 0 saturated carbocycles. The van der Waals surface area contributed by atoms with Crippen LogP contribution < -0.4 is 9.67 Å². The number of hydrogen-bond donors (Lipinski definition) is 0. The van der Waals surface area contributed by atoms with Gasteiger partial charge in [-0.1, -0.05) is 6.07 Å². The van der Waals surface area contributed by atoms with E-state index in [-0.39, 0.29) is 11.5 Å². The summed E-state index contributed by atoms with van der Waals surface area (Å²) < 4.78 is 1.71. The minimum atomic E-state index is -0.0385. The standard InChI is InChI=1S/C8H7NO2/c10-6-1-2-7-8(11)3-4-9(7)5-6/h1-2,5H,3-4H2. The van der Waals surface area contributed by atoms with Crippen LogP contribution in [0.5, 0.6) is 5.75 Å². The third kappa shape index (κ3) is 0.888. The molecular weight excluding hydrogens is 142 g/mol. The second kappa shape index (κ2) is 2.05. The van der Waals surface area contributed by atoms with E-state index >= 15 is 0 Å². The van der Waals surface area contributed by atoms with Gasteiger partial charge in [0.05, 0.1) is 6.42 Å². The van der Waals surface area contributed by atoms with Gasteiger partial charge in [-0.3, -0.25) is 4.79 Å². The minimum Gasteiger partial charge on any atom is -0.868 e. The van der Waals surface area contributed by atoms with Gasteiger partial charge >= 0.3 is 0 Å². The van der Waals surface area contributed by atoms with Crippen molar-refractivity contribution in [3.05, 3.63) is 24.0 Å². The summed E-state index contributed by atoms with van der Waals surface area (Å²) in [5.74, 6) is 0.0912. The van der Waals surface area contributed by atoms with E-state index in [1.165, 1.54) is 12.3 Å². The number of rotatable bonds is 0. The van der Waals surface area contributed by atoms with Crippen LogP contribution in [0.15, 0.2) is 18.3 Å². The lowest BCUT2D eigenvalue weighted by atomic mass is 10.2. The molecule has 11 heavy (non-hydrogen) atoms. The van der Waals surface area contributed by atoms with Crippen LogP contribution in [0.4, 0.5) is 0 Å². The first-order chi connectivity index (χ1) is 5.27. The summed E-state index contributed by atoms with van der Waals surface area (Å²) in [6, 6.07) is 3.02. The molecule has 0 atom stereocenters. The molecule has 2 heterocycles. The summed E-state index contributed by atoms with van der Waals surface area (Å²) in [6.07, 6.45) is 2.00. The van der Waals surface area contributed by atoms with Gasteiger partial charge in [0.2, 0.25) is 11.5 Å². The van der Waals surface area contributed by atoms with E-state index in [2.05, 4.69) is 0 Å². The Hall–Kier alpha value is -1.38. The number of nitrogens with zero attached hydrogens (tertiary/aromatic N) is 1. The zero-order valence-electron chi connectivity index (χ0n) is 5.91. The predicted octanol–water partition coefficient (Wildman–Crippen LogP) is -0.366. The van der Waals surface area contributed by atoms with Gasteiger partial charge in [-0.05, 0) is 5.75 Å². The molecule has 0 bridgehead atoms. The van der Waals surface area contributed by atoms with Gasteiger partial charge in [0.15, 0.2) is 12.7 Å². The monoisotopic (exact) mass is 149 g/mol. The lowest BCUT2D eigenvalue weighted by Gasteiger charge is -2.00. The Balaban J connectivity index is 2.59. The van der Waals surface area contributed by atoms with E-state index in [1.807, 2.05) is 0 Å². The summed E-state index contributed by atoms with van der Waals surface area (Å²) in [4.78, 5) is 11.1. The number of Topliss-reactive ketones (excluding diaryl/α,β-unsaturated/α-hetero) is 1. The summed E-state index contributed by atoms with van der Waals surface area (Å²) in [5, 5.41) is 10.8. The summed E-state index contributed by atoms with van der Waals surface area (Å²) in [7, 11) is 0. The number of fused-ring (bicyclic) bond motifs is 1. The Morgan fingerprint density at radius 2 is 2.27 bits per heavy atom. The molecule has 0 N–H and O–H groups in total. The Morgan fingerprint density at radius 3 is 3.09 bits per heavy atom. The maximum absolute atomic E-state index is 11.1. The highest BCUT2D eigenvalue weighted by Gasteiger charge is 2.26. The summed E-state index contributed by atoms with van der Waals surface area (Å²) >= 11 is 0. The highest BCUT2D eigenvalue weighted by Crippen LogP contribution is 2.08. The van der Waals surface area contributed by atoms with Crippen molar-refractivity contribution in [3.8, 4) is 5.75 Å². The molecule has 0 aliphatic carbocycles. The normalized spacial score (nSPS) is 15.1. The Kier molecular flexibility index (Phi) is 1.18. The van der Waals surface area contributed by atoms with Crippen LogP contribution in [0.2, 0.25) is 0 Å². The highest BCUT2D eigenvalue weighted by molar-refractivity contribution is 5.93. The van der Waals surface area contributed by atoms with Crippen molar-refractivity contribution in [3.63, 3.8) is 0 Å². The number of carbonyl (C=O) groups excluding carboxylic acids is 1. The summed E-state index contributed by atoms with van der Waals surface area (Å²) in [5.41, 5.74) is 0.657. The lowest BCUT2D eigenvalue weighted by molar-refractivity contribution is -0.691. The highest BCUT2D eigenvalue weighted by atomic mass is 16.3. The maximum atomic E-state index is 11.1. The van der Waals surface area contributed by atoms with Crippen LogP contribution in [0, 0.1) is 0 Å². The van der Waals surface area contributed by atoms with Gasteiger partial charge in [0, 0.05) is 6.07 Å². The maximum Gasteiger partial charge on any atom is 0.248 e. The van der Waals surface area contributed by atoms with Gasteiger partial charge in [-0.15, -0.1) is 0 Å². The lowest BCUT2D eigenvalue weighted by Crippen LogP contribution is -2.33. The van der Waals surface area contributed by atoms with Crippen molar-refractivity contribution in [2.75, 3.05) is 0 Å². The fraction of sp³-hybridized carbons (Fsp3) is 0.250. The van der Waals surface area contributed by atoms with Crippen LogP contribution in [-0.4, -0.2) is 5.78 Å². The molecule has 1 aliphatic heterocycles. The first kappa shape index (κ1) is 6.34. The zero-order chi connectivity index (χ0) is 7.84. The first-order valence-electron chi connectivity index (χ1n) is 3.51. The van der Waals surface area contributed by atoms with Crippen LogP contribution in [-0.2, 0) is 6.54 Å². The number of aryl methyl sites for hydroxylation is 1. The van der Waals surface area contributed by atoms with Crippen molar-refractivity contribution >= 4 is 5.78 Å². The quantitative estimate of drug-likeness (QED) is 0.472. The molecule has 0 unspecified atom stereocenters. The predicted molar refractivity (Wildman–Crippen MR) is 35.0 cm³/mol. The molecule has 0 amide bonds. The van der Waals surface area contributed by atoms with E-state index in [0.29, 0.717) is 18.7 Å². The van der Waals surface area contributed by atoms with Crippen LogP contribution >= 0.6 is 0 Å². The average molecular weight is 149 g/mol. The molecule has 1 aliphatic rings. The van der Waals surface area contributed by atoms with Gasteiger partial charge in [-0.2, -0.15) is 4.57 Å². The van der Waals surface area contributed by atoms with E-state index in [1.54, 1.807) is 10.6 Å². The topological polar surface area (TPSA) is 44.0 Å². The second-order valence-corrected chi connectivity index (χ2v) is 2.62. The van der Waals surface area contributed by atoms with Crippen LogP contribution in [0.25, 0.3) is 0 Å². The van der Waals surface area contributed by atoms with Crippen molar-refractivity contribution < 1.29 is 14.5 Å². The average Bonchev–Trinajstić information content (AvgIpc) is 2.32. The van der Waals surface area contributed by atoms with Gasteiger partial charge in [0.1, 0.15) is 0 Å². The molecular formula is C8H7NO2. The second-order valence-electron chi connectivity index (χ2n) is 2.62. The minimum absolute atomic E-state index is 0.0385. The summed E-state index contributed by atoms with van der Waals surface area (Å²) in [6.45, 7) is 0.657. The van der Waals surface area contributed by atoms with E-state index < -0.39 is 0 Å². The third-order valence-electron chi connectivity index (χ3n) is 1.86. The Bertz CT molecular complexity index is 320. The van der Waals surface area contributed by atoms with E-state index in [0.717, 1.165) is 0 Å². The fourth-order valence-corrected chi connectivity index (χ4v) is 1.31. The molecule has 56 valence electrons. The van der Waals surface area contributed by atoms with Crippen molar-refractivity contribution in [2.45, 2.75) is 13.0 Å². The molecule has 1 aromatic heterocycles. The van der Waals surface area contributed by atoms with Crippen molar-refractivity contribution in [2.24, 2.45) is 0 Å². The number of pyridine rings is 1. The Labute approximate surface area is 63.9 Å². The molecule has 0 radical (unpaired) electrons. The molecule has 1 aromatic rings. The van der Waals surface area contributed by atoms with Gasteiger partial charge < -0.3 is 5.11 Å². The molecule has 0 saturated heterocycles. The third-order valence-corrected chi connectivity index (χ3v) is 1.86. The van der Waals surface area contributed by atoms with E-state index in [9.17, 15) is 9.90 Å². The zero-order valence-corrected chi connectivity index (χ0v) is 5.91. The van der Waals surface area contributed by atoms with Gasteiger partial charge in [-0.25, -0.2) is 0 Å². The van der Waals surface area contributed by atoms with Crippen LogP contribution in [0.3, 0.4) is 0 Å². The molecule has 0 aromatic carbocycles. The number of hydrogen-bond acceptors (Lipinski definition) is 2. The Morgan fingerprint density at radius 1 is 1.45 bits per heavy atom.